The molecular weight excluding hydrogens is 276 g/mol. The van der Waals surface area contributed by atoms with Crippen molar-refractivity contribution in [3.8, 4) is 5.75 Å². The average molecular weight is 296 g/mol. The molecule has 0 radical (unpaired) electrons. The molecule has 1 rings (SSSR count). The molecule has 0 saturated heterocycles. The highest BCUT2D eigenvalue weighted by atomic mass is 16.5. The zero-order valence-corrected chi connectivity index (χ0v) is 12.3. The number of hydrogen-bond donors (Lipinski definition) is 3. The predicted molar refractivity (Wildman–Crippen MR) is 77.8 cm³/mol. The minimum Gasteiger partial charge on any atom is -0.497 e. The minimum absolute atomic E-state index is 0.195. The van der Waals surface area contributed by atoms with Gasteiger partial charge in [0.2, 0.25) is 0 Å². The van der Waals surface area contributed by atoms with Gasteiger partial charge in [-0.1, -0.05) is 0 Å². The summed E-state index contributed by atoms with van der Waals surface area (Å²) in [7, 11) is 3.03. The maximum absolute atomic E-state index is 11.8. The largest absolute Gasteiger partial charge is 0.497 e. The Hall–Kier alpha value is -2.28. The number of carboxylic acids is 1. The summed E-state index contributed by atoms with van der Waals surface area (Å²) in [5.41, 5.74) is 1.40. The standard InChI is InChI=1S/C14H20N2O5/c1-9-8-10(21-3)4-5-11(9)15-14(19)16-12(13(17)18)6-7-20-2/h4-5,8,12H,6-7H2,1-3H3,(H,17,18)(H2,15,16,19). The Balaban J connectivity index is 2.65. The van der Waals surface area contributed by atoms with Crippen LogP contribution in [0.5, 0.6) is 5.75 Å². The molecule has 2 amide bonds. The molecule has 0 aliphatic rings. The smallest absolute Gasteiger partial charge is 0.326 e. The number of hydrogen-bond acceptors (Lipinski definition) is 4. The molecule has 1 aromatic rings. The number of nitrogens with one attached hydrogen (secondary N) is 2. The number of methoxy groups -OCH3 is 2. The molecule has 0 aliphatic heterocycles. The van der Waals surface area contributed by atoms with Crippen LogP contribution in [0.3, 0.4) is 0 Å². The molecule has 116 valence electrons. The van der Waals surface area contributed by atoms with E-state index in [2.05, 4.69) is 10.6 Å². The summed E-state index contributed by atoms with van der Waals surface area (Å²) in [5, 5.41) is 14.0. The number of urea groups is 1. The lowest BCUT2D eigenvalue weighted by Crippen LogP contribution is -2.43. The molecule has 7 heteroatoms. The Labute approximate surface area is 123 Å². The van der Waals surface area contributed by atoms with Crippen molar-refractivity contribution in [2.45, 2.75) is 19.4 Å². The second-order valence-electron chi connectivity index (χ2n) is 4.45. The van der Waals surface area contributed by atoms with Gasteiger partial charge < -0.3 is 25.2 Å². The Morgan fingerprint density at radius 3 is 2.57 bits per heavy atom. The molecule has 3 N–H and O–H groups in total. The van der Waals surface area contributed by atoms with Crippen molar-refractivity contribution in [3.05, 3.63) is 23.8 Å². The van der Waals surface area contributed by atoms with Gasteiger partial charge in [0.05, 0.1) is 7.11 Å². The average Bonchev–Trinajstić information content (AvgIpc) is 2.45. The van der Waals surface area contributed by atoms with E-state index in [9.17, 15) is 9.59 Å². The highest BCUT2D eigenvalue weighted by molar-refractivity contribution is 5.92. The van der Waals surface area contributed by atoms with E-state index < -0.39 is 18.0 Å². The van der Waals surface area contributed by atoms with E-state index in [0.29, 0.717) is 11.4 Å². The van der Waals surface area contributed by atoms with E-state index in [1.807, 2.05) is 6.92 Å². The van der Waals surface area contributed by atoms with Crippen LogP contribution in [-0.4, -0.2) is 44.0 Å². The fourth-order valence-electron chi connectivity index (χ4n) is 1.71. The zero-order valence-electron chi connectivity index (χ0n) is 12.3. The van der Waals surface area contributed by atoms with Crippen LogP contribution >= 0.6 is 0 Å². The predicted octanol–water partition coefficient (Wildman–Crippen LogP) is 1.61. The van der Waals surface area contributed by atoms with Crippen LogP contribution in [0.15, 0.2) is 18.2 Å². The third kappa shape index (κ3) is 5.31. The van der Waals surface area contributed by atoms with E-state index in [0.717, 1.165) is 5.56 Å². The molecule has 1 atom stereocenters. The first-order valence-corrected chi connectivity index (χ1v) is 6.41. The highest BCUT2D eigenvalue weighted by Gasteiger charge is 2.19. The van der Waals surface area contributed by atoms with E-state index in [4.69, 9.17) is 14.6 Å². The van der Waals surface area contributed by atoms with Crippen LogP contribution < -0.4 is 15.4 Å². The molecule has 0 aromatic heterocycles. The fraction of sp³-hybridized carbons (Fsp3) is 0.429. The second kappa shape index (κ2) is 8.11. The number of carboxylic acid groups (broad SMARTS) is 1. The monoisotopic (exact) mass is 296 g/mol. The van der Waals surface area contributed by atoms with Gasteiger partial charge in [-0.05, 0) is 30.7 Å². The SMILES string of the molecule is COCCC(NC(=O)Nc1ccc(OC)cc1C)C(=O)O. The van der Waals surface area contributed by atoms with Gasteiger partial charge in [-0.3, -0.25) is 0 Å². The van der Waals surface area contributed by atoms with Gasteiger partial charge in [-0.15, -0.1) is 0 Å². The quantitative estimate of drug-likeness (QED) is 0.710. The summed E-state index contributed by atoms with van der Waals surface area (Å²) in [5.74, 6) is -0.421. The van der Waals surface area contributed by atoms with Crippen molar-refractivity contribution >= 4 is 17.7 Å². The summed E-state index contributed by atoms with van der Waals surface area (Å²) in [6.45, 7) is 2.07. The molecule has 0 spiro atoms. The van der Waals surface area contributed by atoms with Crippen molar-refractivity contribution in [3.63, 3.8) is 0 Å². The van der Waals surface area contributed by atoms with Crippen LogP contribution in [0, 0.1) is 6.92 Å². The first-order chi connectivity index (χ1) is 9.97. The number of anilines is 1. The van der Waals surface area contributed by atoms with E-state index in [1.54, 1.807) is 25.3 Å². The van der Waals surface area contributed by atoms with Crippen LogP contribution in [0.1, 0.15) is 12.0 Å². The Morgan fingerprint density at radius 1 is 1.33 bits per heavy atom. The molecule has 0 aliphatic carbocycles. The zero-order chi connectivity index (χ0) is 15.8. The van der Waals surface area contributed by atoms with Crippen LogP contribution in [-0.2, 0) is 9.53 Å². The van der Waals surface area contributed by atoms with Gasteiger partial charge in [-0.25, -0.2) is 9.59 Å². The van der Waals surface area contributed by atoms with Gasteiger partial charge in [0, 0.05) is 25.8 Å². The molecule has 0 heterocycles. The fourth-order valence-corrected chi connectivity index (χ4v) is 1.71. The summed E-state index contributed by atoms with van der Waals surface area (Å²) in [6, 6.07) is 3.60. The number of rotatable bonds is 7. The Bertz CT molecular complexity index is 504. The Kier molecular flexibility index (Phi) is 6.48. The maximum atomic E-state index is 11.8. The highest BCUT2D eigenvalue weighted by Crippen LogP contribution is 2.20. The number of aryl methyl sites for hydroxylation is 1. The molecule has 0 fully saturated rings. The molecule has 0 bridgehead atoms. The van der Waals surface area contributed by atoms with E-state index in [-0.39, 0.29) is 13.0 Å². The molecule has 21 heavy (non-hydrogen) atoms. The lowest BCUT2D eigenvalue weighted by Gasteiger charge is -2.16. The Morgan fingerprint density at radius 2 is 2.05 bits per heavy atom. The third-order valence-corrected chi connectivity index (χ3v) is 2.90. The minimum atomic E-state index is -1.10. The number of carbonyl (C=O) groups excluding carboxylic acids is 1. The topological polar surface area (TPSA) is 96.9 Å². The molecule has 7 nitrogen and oxygen atoms in total. The number of carbonyl (C=O) groups is 2. The van der Waals surface area contributed by atoms with Crippen molar-refractivity contribution in [2.24, 2.45) is 0 Å². The van der Waals surface area contributed by atoms with Crippen molar-refractivity contribution in [1.82, 2.24) is 5.32 Å². The van der Waals surface area contributed by atoms with Gasteiger partial charge in [0.15, 0.2) is 0 Å². The van der Waals surface area contributed by atoms with Crippen LogP contribution in [0.25, 0.3) is 0 Å². The maximum Gasteiger partial charge on any atom is 0.326 e. The van der Waals surface area contributed by atoms with Gasteiger partial charge in [0.1, 0.15) is 11.8 Å². The lowest BCUT2D eigenvalue weighted by atomic mass is 10.2. The summed E-state index contributed by atoms with van der Waals surface area (Å²) in [6.07, 6.45) is 0.195. The summed E-state index contributed by atoms with van der Waals surface area (Å²) < 4.78 is 9.89. The normalized spacial score (nSPS) is 11.6. The molecule has 0 saturated carbocycles. The van der Waals surface area contributed by atoms with Gasteiger partial charge in [0.25, 0.3) is 0 Å². The number of benzene rings is 1. The van der Waals surface area contributed by atoms with E-state index >= 15 is 0 Å². The summed E-state index contributed by atoms with van der Waals surface area (Å²) >= 11 is 0. The van der Waals surface area contributed by atoms with Crippen LogP contribution in [0.2, 0.25) is 0 Å². The number of ether oxygens (including phenoxy) is 2. The summed E-state index contributed by atoms with van der Waals surface area (Å²) in [4.78, 5) is 22.9. The number of aliphatic carboxylic acids is 1. The third-order valence-electron chi connectivity index (χ3n) is 2.90. The van der Waals surface area contributed by atoms with Crippen molar-refractivity contribution in [1.29, 1.82) is 0 Å². The first-order valence-electron chi connectivity index (χ1n) is 6.41. The lowest BCUT2D eigenvalue weighted by molar-refractivity contribution is -0.139. The first kappa shape index (κ1) is 16.8. The van der Waals surface area contributed by atoms with Gasteiger partial charge >= 0.3 is 12.0 Å². The van der Waals surface area contributed by atoms with E-state index in [1.165, 1.54) is 7.11 Å². The second-order valence-corrected chi connectivity index (χ2v) is 4.45. The molecular formula is C14H20N2O5. The van der Waals surface area contributed by atoms with Gasteiger partial charge in [-0.2, -0.15) is 0 Å². The molecule has 1 aromatic carbocycles. The van der Waals surface area contributed by atoms with Crippen molar-refractivity contribution < 1.29 is 24.2 Å². The van der Waals surface area contributed by atoms with Crippen molar-refractivity contribution in [2.75, 3.05) is 26.1 Å². The number of amides is 2. The van der Waals surface area contributed by atoms with Crippen LogP contribution in [0.4, 0.5) is 10.5 Å². The molecule has 1 unspecified atom stereocenters.